The van der Waals surface area contributed by atoms with Crippen molar-refractivity contribution in [2.75, 3.05) is 6.54 Å². The fourth-order valence-electron chi connectivity index (χ4n) is 1.71. The van der Waals surface area contributed by atoms with E-state index in [1.54, 1.807) is 0 Å². The first-order chi connectivity index (χ1) is 5.16. The Morgan fingerprint density at radius 3 is 2.55 bits per heavy atom. The lowest BCUT2D eigenvalue weighted by atomic mass is 9.88. The molecular formula is C10H17N. The maximum atomic E-state index is 3.67. The second kappa shape index (κ2) is 3.25. The Balaban J connectivity index is 2.69. The highest BCUT2D eigenvalue weighted by Crippen LogP contribution is 2.26. The van der Waals surface area contributed by atoms with Gasteiger partial charge in [0.05, 0.1) is 0 Å². The highest BCUT2D eigenvalue weighted by Gasteiger charge is 2.29. The van der Waals surface area contributed by atoms with Crippen LogP contribution < -0.4 is 5.32 Å². The van der Waals surface area contributed by atoms with Gasteiger partial charge < -0.3 is 5.32 Å². The summed E-state index contributed by atoms with van der Waals surface area (Å²) in [5, 5.41) is 3.45. The molecule has 1 aliphatic rings. The minimum Gasteiger partial charge on any atom is -0.313 e. The van der Waals surface area contributed by atoms with E-state index in [1.165, 1.54) is 5.57 Å². The van der Waals surface area contributed by atoms with Crippen molar-refractivity contribution in [1.82, 2.24) is 5.32 Å². The topological polar surface area (TPSA) is 12.0 Å². The van der Waals surface area contributed by atoms with Gasteiger partial charge in [-0.3, -0.25) is 0 Å². The summed E-state index contributed by atoms with van der Waals surface area (Å²) < 4.78 is 0. The van der Waals surface area contributed by atoms with Crippen LogP contribution in [0.5, 0.6) is 0 Å². The van der Waals surface area contributed by atoms with Crippen LogP contribution in [0.1, 0.15) is 20.8 Å². The molecule has 11 heavy (non-hydrogen) atoms. The predicted octanol–water partition coefficient (Wildman–Crippen LogP) is 1.96. The maximum Gasteiger partial charge on any atom is 0.00710 e. The Bertz CT molecular complexity index is 189. The van der Waals surface area contributed by atoms with Crippen molar-refractivity contribution in [2.45, 2.75) is 26.8 Å². The van der Waals surface area contributed by atoms with Crippen LogP contribution in [0.4, 0.5) is 0 Å². The van der Waals surface area contributed by atoms with Gasteiger partial charge in [-0.05, 0) is 25.3 Å². The van der Waals surface area contributed by atoms with Gasteiger partial charge in [-0.15, -0.1) is 5.73 Å². The molecule has 0 aliphatic carbocycles. The van der Waals surface area contributed by atoms with Crippen molar-refractivity contribution in [3.05, 3.63) is 17.9 Å². The molecule has 1 N–H and O–H groups in total. The van der Waals surface area contributed by atoms with E-state index >= 15 is 0 Å². The Morgan fingerprint density at radius 2 is 2.18 bits per heavy atom. The molecule has 1 aliphatic heterocycles. The van der Waals surface area contributed by atoms with Crippen LogP contribution in [0.3, 0.4) is 0 Å². The largest absolute Gasteiger partial charge is 0.313 e. The third-order valence-electron chi connectivity index (χ3n) is 2.92. The van der Waals surface area contributed by atoms with Crippen LogP contribution in [0.2, 0.25) is 0 Å². The van der Waals surface area contributed by atoms with Crippen molar-refractivity contribution < 1.29 is 0 Å². The molecule has 0 aromatic heterocycles. The predicted molar refractivity (Wildman–Crippen MR) is 48.4 cm³/mol. The SMILES string of the molecule is C=C=C(C)[C@H]1CNC(C)[C@H]1C. The third-order valence-corrected chi connectivity index (χ3v) is 2.92. The van der Waals surface area contributed by atoms with Gasteiger partial charge in [-0.1, -0.05) is 13.5 Å². The Labute approximate surface area is 69.2 Å². The highest BCUT2D eigenvalue weighted by atomic mass is 15.0. The highest BCUT2D eigenvalue weighted by molar-refractivity contribution is 5.07. The molecule has 1 saturated heterocycles. The molecule has 1 heterocycles. The van der Waals surface area contributed by atoms with Crippen molar-refractivity contribution in [2.24, 2.45) is 11.8 Å². The second-order valence-electron chi connectivity index (χ2n) is 3.52. The van der Waals surface area contributed by atoms with Gasteiger partial charge in [-0.25, -0.2) is 0 Å². The number of hydrogen-bond donors (Lipinski definition) is 1. The van der Waals surface area contributed by atoms with E-state index in [1.807, 2.05) is 0 Å². The minimum atomic E-state index is 0.642. The smallest absolute Gasteiger partial charge is 0.00710 e. The normalized spacial score (nSPS) is 36.8. The van der Waals surface area contributed by atoms with Crippen LogP contribution in [0, 0.1) is 11.8 Å². The standard InChI is InChI=1S/C10H17N/c1-5-7(2)10-6-11-9(4)8(10)3/h8-11H,1,6H2,2-4H3/t8-,9?,10-/m1/s1. The van der Waals surface area contributed by atoms with Crippen LogP contribution in [-0.4, -0.2) is 12.6 Å². The molecular weight excluding hydrogens is 134 g/mol. The summed E-state index contributed by atoms with van der Waals surface area (Å²) >= 11 is 0. The average molecular weight is 151 g/mol. The van der Waals surface area contributed by atoms with Gasteiger partial charge in [0.25, 0.3) is 0 Å². The lowest BCUT2D eigenvalue weighted by Gasteiger charge is -2.15. The molecule has 0 amide bonds. The van der Waals surface area contributed by atoms with Crippen molar-refractivity contribution in [3.63, 3.8) is 0 Å². The van der Waals surface area contributed by atoms with Gasteiger partial charge in [0, 0.05) is 18.5 Å². The summed E-state index contributed by atoms with van der Waals surface area (Å²) in [5.41, 5.74) is 4.28. The lowest BCUT2D eigenvalue weighted by molar-refractivity contribution is 0.452. The summed E-state index contributed by atoms with van der Waals surface area (Å²) in [6.45, 7) is 11.4. The zero-order valence-corrected chi connectivity index (χ0v) is 7.65. The van der Waals surface area contributed by atoms with Gasteiger partial charge in [-0.2, -0.15) is 0 Å². The lowest BCUT2D eigenvalue weighted by Crippen LogP contribution is -2.21. The second-order valence-corrected chi connectivity index (χ2v) is 3.52. The van der Waals surface area contributed by atoms with E-state index in [0.717, 1.165) is 12.5 Å². The zero-order chi connectivity index (χ0) is 8.43. The summed E-state index contributed by atoms with van der Waals surface area (Å²) in [7, 11) is 0. The minimum absolute atomic E-state index is 0.642. The average Bonchev–Trinajstić information content (AvgIpc) is 2.32. The quantitative estimate of drug-likeness (QED) is 0.565. The molecule has 1 unspecified atom stereocenters. The van der Waals surface area contributed by atoms with E-state index in [4.69, 9.17) is 0 Å². The third kappa shape index (κ3) is 1.55. The molecule has 0 radical (unpaired) electrons. The summed E-state index contributed by atoms with van der Waals surface area (Å²) in [4.78, 5) is 0. The molecule has 1 rings (SSSR count). The first-order valence-corrected chi connectivity index (χ1v) is 4.26. The van der Waals surface area contributed by atoms with Gasteiger partial charge in [0.2, 0.25) is 0 Å². The van der Waals surface area contributed by atoms with Crippen LogP contribution in [0.25, 0.3) is 0 Å². The molecule has 0 aromatic carbocycles. The first kappa shape index (κ1) is 8.58. The molecule has 1 nitrogen and oxygen atoms in total. The molecule has 1 fully saturated rings. The van der Waals surface area contributed by atoms with Crippen molar-refractivity contribution in [3.8, 4) is 0 Å². The van der Waals surface area contributed by atoms with E-state index in [0.29, 0.717) is 12.0 Å². The monoisotopic (exact) mass is 151 g/mol. The number of nitrogens with one attached hydrogen (secondary N) is 1. The first-order valence-electron chi connectivity index (χ1n) is 4.26. The van der Waals surface area contributed by atoms with E-state index < -0.39 is 0 Å². The fraction of sp³-hybridized carbons (Fsp3) is 0.700. The maximum absolute atomic E-state index is 3.67. The zero-order valence-electron chi connectivity index (χ0n) is 7.65. The number of rotatable bonds is 1. The molecule has 0 spiro atoms. The molecule has 62 valence electrons. The van der Waals surface area contributed by atoms with Gasteiger partial charge in [0.1, 0.15) is 0 Å². The fourth-order valence-corrected chi connectivity index (χ4v) is 1.71. The summed E-state index contributed by atoms with van der Waals surface area (Å²) in [6.07, 6.45) is 0. The molecule has 3 atom stereocenters. The molecule has 1 heteroatoms. The molecule has 0 saturated carbocycles. The van der Waals surface area contributed by atoms with Crippen LogP contribution in [-0.2, 0) is 0 Å². The van der Waals surface area contributed by atoms with Crippen molar-refractivity contribution in [1.29, 1.82) is 0 Å². The Hall–Kier alpha value is -0.520. The number of hydrogen-bond acceptors (Lipinski definition) is 1. The van der Waals surface area contributed by atoms with Crippen molar-refractivity contribution >= 4 is 0 Å². The van der Waals surface area contributed by atoms with E-state index in [2.05, 4.69) is 38.4 Å². The van der Waals surface area contributed by atoms with Crippen LogP contribution in [0.15, 0.2) is 17.9 Å². The van der Waals surface area contributed by atoms with E-state index in [-0.39, 0.29) is 0 Å². The molecule has 0 bridgehead atoms. The van der Waals surface area contributed by atoms with Gasteiger partial charge >= 0.3 is 0 Å². The van der Waals surface area contributed by atoms with Crippen LogP contribution >= 0.6 is 0 Å². The summed E-state index contributed by atoms with van der Waals surface area (Å²) in [5.74, 6) is 1.38. The summed E-state index contributed by atoms with van der Waals surface area (Å²) in [6, 6.07) is 0.642. The van der Waals surface area contributed by atoms with Gasteiger partial charge in [0.15, 0.2) is 0 Å². The Morgan fingerprint density at radius 1 is 1.55 bits per heavy atom. The Kier molecular flexibility index (Phi) is 2.53. The molecule has 0 aromatic rings. The van der Waals surface area contributed by atoms with E-state index in [9.17, 15) is 0 Å².